The van der Waals surface area contributed by atoms with Gasteiger partial charge >= 0.3 is 5.97 Å². The van der Waals surface area contributed by atoms with E-state index < -0.39 is 11.9 Å². The van der Waals surface area contributed by atoms with Crippen LogP contribution in [0.1, 0.15) is 11.1 Å². The summed E-state index contributed by atoms with van der Waals surface area (Å²) in [5.41, 5.74) is 2.09. The highest BCUT2D eigenvalue weighted by molar-refractivity contribution is 9.10. The van der Waals surface area contributed by atoms with E-state index in [0.29, 0.717) is 12.8 Å². The summed E-state index contributed by atoms with van der Waals surface area (Å²) in [5, 5.41) is 9.37. The zero-order chi connectivity index (χ0) is 13.7. The maximum absolute atomic E-state index is 11.4. The Hall–Kier alpha value is -1.61. The molecule has 1 atom stereocenters. The maximum atomic E-state index is 11.4. The molecule has 0 aliphatic rings. The van der Waals surface area contributed by atoms with Gasteiger partial charge in [0.25, 0.3) is 0 Å². The average molecular weight is 319 g/mol. The van der Waals surface area contributed by atoms with Crippen molar-refractivity contribution in [2.24, 2.45) is 5.92 Å². The number of hydrogen-bond acceptors (Lipinski definition) is 1. The normalized spacial score (nSPS) is 12.1. The van der Waals surface area contributed by atoms with Crippen LogP contribution in [0.25, 0.3) is 0 Å². The number of carboxylic acids is 1. The van der Waals surface area contributed by atoms with Gasteiger partial charge in [0.15, 0.2) is 0 Å². The molecule has 0 aliphatic heterocycles. The third kappa shape index (κ3) is 3.93. The molecule has 0 saturated carbocycles. The fourth-order valence-electron chi connectivity index (χ4n) is 2.07. The molecule has 0 aromatic heterocycles. The lowest BCUT2D eigenvalue weighted by atomic mass is 9.93. The summed E-state index contributed by atoms with van der Waals surface area (Å²) in [6, 6.07) is 17.5. The number of carboxylic acid groups (broad SMARTS) is 1. The Labute approximate surface area is 121 Å². The zero-order valence-electron chi connectivity index (χ0n) is 10.4. The second-order valence-corrected chi connectivity index (χ2v) is 5.37. The third-order valence-electron chi connectivity index (χ3n) is 3.10. The number of carbonyl (C=O) groups is 1. The van der Waals surface area contributed by atoms with Gasteiger partial charge in [-0.15, -0.1) is 0 Å². The van der Waals surface area contributed by atoms with Crippen molar-refractivity contribution in [1.82, 2.24) is 0 Å². The molecule has 1 N–H and O–H groups in total. The van der Waals surface area contributed by atoms with E-state index in [1.807, 2.05) is 54.6 Å². The van der Waals surface area contributed by atoms with E-state index in [1.165, 1.54) is 0 Å². The molecule has 0 spiro atoms. The van der Waals surface area contributed by atoms with E-state index in [9.17, 15) is 9.90 Å². The first kappa shape index (κ1) is 13.8. The highest BCUT2D eigenvalue weighted by Crippen LogP contribution is 2.21. The summed E-state index contributed by atoms with van der Waals surface area (Å²) >= 11 is 3.47. The van der Waals surface area contributed by atoms with Crippen LogP contribution in [-0.4, -0.2) is 11.1 Å². The van der Waals surface area contributed by atoms with Gasteiger partial charge in [0, 0.05) is 4.47 Å². The van der Waals surface area contributed by atoms with Crippen molar-refractivity contribution in [1.29, 1.82) is 0 Å². The summed E-state index contributed by atoms with van der Waals surface area (Å²) in [4.78, 5) is 11.4. The molecule has 0 aliphatic carbocycles. The molecule has 2 aromatic rings. The molecule has 0 heterocycles. The SMILES string of the molecule is O=C(O)C(Cc1ccccc1)Cc1ccccc1Br. The smallest absolute Gasteiger partial charge is 0.307 e. The molecule has 98 valence electrons. The average Bonchev–Trinajstić information content (AvgIpc) is 2.41. The number of halogens is 1. The summed E-state index contributed by atoms with van der Waals surface area (Å²) in [6.45, 7) is 0. The molecule has 2 nitrogen and oxygen atoms in total. The Kier molecular flexibility index (Phi) is 4.74. The first-order chi connectivity index (χ1) is 9.16. The van der Waals surface area contributed by atoms with Gasteiger partial charge in [-0.1, -0.05) is 64.5 Å². The van der Waals surface area contributed by atoms with E-state index >= 15 is 0 Å². The predicted octanol–water partition coefficient (Wildman–Crippen LogP) is 3.94. The molecule has 2 aromatic carbocycles. The minimum atomic E-state index is -0.750. The van der Waals surface area contributed by atoms with Gasteiger partial charge in [-0.05, 0) is 30.0 Å². The molecule has 0 saturated heterocycles. The Bertz CT molecular complexity index is 552. The van der Waals surface area contributed by atoms with Gasteiger partial charge in [0.2, 0.25) is 0 Å². The molecular weight excluding hydrogens is 304 g/mol. The van der Waals surface area contributed by atoms with E-state index in [4.69, 9.17) is 0 Å². The van der Waals surface area contributed by atoms with E-state index in [1.54, 1.807) is 0 Å². The van der Waals surface area contributed by atoms with Crippen LogP contribution >= 0.6 is 15.9 Å². The largest absolute Gasteiger partial charge is 0.481 e. The lowest BCUT2D eigenvalue weighted by Gasteiger charge is -2.13. The van der Waals surface area contributed by atoms with Crippen molar-refractivity contribution >= 4 is 21.9 Å². The van der Waals surface area contributed by atoms with Crippen molar-refractivity contribution in [2.45, 2.75) is 12.8 Å². The van der Waals surface area contributed by atoms with Crippen LogP contribution in [0.15, 0.2) is 59.1 Å². The quantitative estimate of drug-likeness (QED) is 0.906. The molecule has 19 heavy (non-hydrogen) atoms. The van der Waals surface area contributed by atoms with Crippen molar-refractivity contribution in [3.63, 3.8) is 0 Å². The lowest BCUT2D eigenvalue weighted by Crippen LogP contribution is -2.19. The molecule has 2 rings (SSSR count). The molecule has 0 amide bonds. The first-order valence-corrected chi connectivity index (χ1v) is 6.96. The second-order valence-electron chi connectivity index (χ2n) is 4.52. The van der Waals surface area contributed by atoms with Gasteiger partial charge in [0.05, 0.1) is 5.92 Å². The first-order valence-electron chi connectivity index (χ1n) is 6.17. The van der Waals surface area contributed by atoms with Crippen LogP contribution in [0.3, 0.4) is 0 Å². The molecule has 0 fully saturated rings. The van der Waals surface area contributed by atoms with Gasteiger partial charge < -0.3 is 5.11 Å². The minimum absolute atomic E-state index is 0.402. The van der Waals surface area contributed by atoms with Crippen LogP contribution in [0.4, 0.5) is 0 Å². The van der Waals surface area contributed by atoms with E-state index in [-0.39, 0.29) is 0 Å². The fraction of sp³-hybridized carbons (Fsp3) is 0.188. The third-order valence-corrected chi connectivity index (χ3v) is 3.87. The highest BCUT2D eigenvalue weighted by atomic mass is 79.9. The van der Waals surface area contributed by atoms with Crippen LogP contribution in [0.5, 0.6) is 0 Å². The van der Waals surface area contributed by atoms with Crippen molar-refractivity contribution in [3.8, 4) is 0 Å². The summed E-state index contributed by atoms with van der Waals surface area (Å²) < 4.78 is 0.967. The van der Waals surface area contributed by atoms with Crippen molar-refractivity contribution < 1.29 is 9.90 Å². The number of benzene rings is 2. The summed E-state index contributed by atoms with van der Waals surface area (Å²) in [7, 11) is 0. The Balaban J connectivity index is 2.13. The Morgan fingerprint density at radius 2 is 1.63 bits per heavy atom. The van der Waals surface area contributed by atoms with Crippen LogP contribution in [0.2, 0.25) is 0 Å². The van der Waals surface area contributed by atoms with Gasteiger partial charge in [-0.2, -0.15) is 0 Å². The number of hydrogen-bond donors (Lipinski definition) is 1. The summed E-state index contributed by atoms with van der Waals surface area (Å²) in [6.07, 6.45) is 1.09. The lowest BCUT2D eigenvalue weighted by molar-refractivity contribution is -0.141. The van der Waals surface area contributed by atoms with Crippen molar-refractivity contribution in [2.75, 3.05) is 0 Å². The molecular formula is C16H15BrO2. The van der Waals surface area contributed by atoms with E-state index in [2.05, 4.69) is 15.9 Å². The zero-order valence-corrected chi connectivity index (χ0v) is 12.0. The molecule has 0 radical (unpaired) electrons. The van der Waals surface area contributed by atoms with Gasteiger partial charge in [0.1, 0.15) is 0 Å². The standard InChI is InChI=1S/C16H15BrO2/c17-15-9-5-4-8-13(15)11-14(16(18)19)10-12-6-2-1-3-7-12/h1-9,14H,10-11H2,(H,18,19). The fourth-order valence-corrected chi connectivity index (χ4v) is 2.52. The molecule has 3 heteroatoms. The van der Waals surface area contributed by atoms with Crippen LogP contribution < -0.4 is 0 Å². The highest BCUT2D eigenvalue weighted by Gasteiger charge is 2.19. The van der Waals surface area contributed by atoms with Crippen molar-refractivity contribution in [3.05, 3.63) is 70.2 Å². The van der Waals surface area contributed by atoms with Crippen LogP contribution in [0, 0.1) is 5.92 Å². The topological polar surface area (TPSA) is 37.3 Å². The number of aliphatic carboxylic acids is 1. The van der Waals surface area contributed by atoms with Gasteiger partial charge in [-0.3, -0.25) is 4.79 Å². The second kappa shape index (κ2) is 6.53. The van der Waals surface area contributed by atoms with Crippen LogP contribution in [-0.2, 0) is 17.6 Å². The summed E-state index contributed by atoms with van der Waals surface area (Å²) in [5.74, 6) is -1.15. The molecule has 0 bridgehead atoms. The molecule has 1 unspecified atom stereocenters. The van der Waals surface area contributed by atoms with E-state index in [0.717, 1.165) is 15.6 Å². The Morgan fingerprint density at radius 1 is 1.00 bits per heavy atom. The number of rotatable bonds is 5. The minimum Gasteiger partial charge on any atom is -0.481 e. The van der Waals surface area contributed by atoms with Gasteiger partial charge in [-0.25, -0.2) is 0 Å². The maximum Gasteiger partial charge on any atom is 0.307 e. The predicted molar refractivity (Wildman–Crippen MR) is 79.1 cm³/mol. The monoisotopic (exact) mass is 318 g/mol. The Morgan fingerprint density at radius 3 is 2.26 bits per heavy atom.